The second-order valence-electron chi connectivity index (χ2n) is 3.78. The highest BCUT2D eigenvalue weighted by atomic mass is 16.5. The summed E-state index contributed by atoms with van der Waals surface area (Å²) in [5.41, 5.74) is 1.10. The summed E-state index contributed by atoms with van der Waals surface area (Å²) in [7, 11) is 0. The van der Waals surface area contributed by atoms with Gasteiger partial charge in [0.05, 0.1) is 18.5 Å². The zero-order chi connectivity index (χ0) is 14.4. The van der Waals surface area contributed by atoms with E-state index in [1.165, 1.54) is 17.1 Å². The van der Waals surface area contributed by atoms with Crippen LogP contribution >= 0.6 is 0 Å². The van der Waals surface area contributed by atoms with Crippen molar-refractivity contribution in [3.05, 3.63) is 47.8 Å². The van der Waals surface area contributed by atoms with Crippen molar-refractivity contribution in [1.82, 2.24) is 15.0 Å². The van der Waals surface area contributed by atoms with E-state index in [0.717, 1.165) is 5.69 Å². The maximum atomic E-state index is 11.5. The lowest BCUT2D eigenvalue weighted by Crippen LogP contribution is -2.06. The van der Waals surface area contributed by atoms with E-state index in [1.54, 1.807) is 13.0 Å². The highest BCUT2D eigenvalue weighted by Crippen LogP contribution is 2.08. The molecule has 1 aromatic carbocycles. The zero-order valence-electron chi connectivity index (χ0n) is 10.9. The molecule has 6 nitrogen and oxygen atoms in total. The van der Waals surface area contributed by atoms with Crippen molar-refractivity contribution in [3.63, 3.8) is 0 Å². The standard InChI is InChI=1S/C14H12N4O2/c1-2-20-14(19)11(9-15)8-12-10-16-18(17-12)13-6-4-3-5-7-13/h3-8,10H,2H2,1H3/b11-8-. The van der Waals surface area contributed by atoms with Gasteiger partial charge in [-0.1, -0.05) is 18.2 Å². The molecule has 0 saturated carbocycles. The molecule has 0 aliphatic carbocycles. The second kappa shape index (κ2) is 6.29. The third-order valence-electron chi connectivity index (χ3n) is 2.40. The van der Waals surface area contributed by atoms with E-state index in [4.69, 9.17) is 10.00 Å². The van der Waals surface area contributed by atoms with Crippen molar-refractivity contribution in [3.8, 4) is 11.8 Å². The van der Waals surface area contributed by atoms with Gasteiger partial charge in [0.1, 0.15) is 17.3 Å². The first-order valence-corrected chi connectivity index (χ1v) is 6.01. The van der Waals surface area contributed by atoms with E-state index in [0.29, 0.717) is 5.69 Å². The molecule has 0 saturated heterocycles. The number of aromatic nitrogens is 3. The molecule has 0 N–H and O–H groups in total. The van der Waals surface area contributed by atoms with Gasteiger partial charge >= 0.3 is 5.97 Å². The number of hydrogen-bond donors (Lipinski definition) is 0. The summed E-state index contributed by atoms with van der Waals surface area (Å²) >= 11 is 0. The lowest BCUT2D eigenvalue weighted by molar-refractivity contribution is -0.137. The Bertz CT molecular complexity index is 668. The quantitative estimate of drug-likeness (QED) is 0.479. The first kappa shape index (κ1) is 13.5. The van der Waals surface area contributed by atoms with E-state index in [9.17, 15) is 4.79 Å². The van der Waals surface area contributed by atoms with Gasteiger partial charge in [0, 0.05) is 0 Å². The van der Waals surface area contributed by atoms with Crippen LogP contribution in [0.5, 0.6) is 0 Å². The lowest BCUT2D eigenvalue weighted by atomic mass is 10.2. The van der Waals surface area contributed by atoms with Crippen LogP contribution < -0.4 is 0 Å². The van der Waals surface area contributed by atoms with Gasteiger partial charge in [0.25, 0.3) is 0 Å². The van der Waals surface area contributed by atoms with Gasteiger partial charge in [-0.2, -0.15) is 15.2 Å². The maximum Gasteiger partial charge on any atom is 0.348 e. The monoisotopic (exact) mass is 268 g/mol. The topological polar surface area (TPSA) is 80.8 Å². The van der Waals surface area contributed by atoms with Gasteiger partial charge in [0.2, 0.25) is 0 Å². The molecule has 0 bridgehead atoms. The number of ether oxygens (including phenoxy) is 1. The summed E-state index contributed by atoms with van der Waals surface area (Å²) in [6.45, 7) is 1.90. The summed E-state index contributed by atoms with van der Waals surface area (Å²) in [5, 5.41) is 17.2. The van der Waals surface area contributed by atoms with Crippen LogP contribution in [0.25, 0.3) is 11.8 Å². The highest BCUT2D eigenvalue weighted by Gasteiger charge is 2.11. The molecule has 0 fully saturated rings. The highest BCUT2D eigenvalue weighted by molar-refractivity contribution is 5.97. The smallest absolute Gasteiger partial charge is 0.348 e. The minimum atomic E-state index is -0.663. The Morgan fingerprint density at radius 3 is 2.85 bits per heavy atom. The number of nitriles is 1. The van der Waals surface area contributed by atoms with Gasteiger partial charge in [-0.3, -0.25) is 0 Å². The molecule has 1 heterocycles. The third-order valence-corrected chi connectivity index (χ3v) is 2.40. The van der Waals surface area contributed by atoms with Gasteiger partial charge in [-0.15, -0.1) is 5.10 Å². The molecule has 0 radical (unpaired) electrons. The molecule has 0 atom stereocenters. The van der Waals surface area contributed by atoms with Crippen LogP contribution in [0.4, 0.5) is 0 Å². The predicted octanol–water partition coefficient (Wildman–Crippen LogP) is 1.74. The predicted molar refractivity (Wildman–Crippen MR) is 71.6 cm³/mol. The molecular weight excluding hydrogens is 256 g/mol. The molecule has 20 heavy (non-hydrogen) atoms. The zero-order valence-corrected chi connectivity index (χ0v) is 10.9. The van der Waals surface area contributed by atoms with Gasteiger partial charge in [-0.05, 0) is 25.1 Å². The fourth-order valence-corrected chi connectivity index (χ4v) is 1.52. The molecule has 6 heteroatoms. The summed E-state index contributed by atoms with van der Waals surface area (Å²) < 4.78 is 4.77. The molecule has 100 valence electrons. The number of carbonyl (C=O) groups excluding carboxylic acids is 1. The average Bonchev–Trinajstić information content (AvgIpc) is 2.94. The average molecular weight is 268 g/mol. The Labute approximate surface area is 115 Å². The minimum Gasteiger partial charge on any atom is -0.462 e. The number of esters is 1. The second-order valence-corrected chi connectivity index (χ2v) is 3.78. The lowest BCUT2D eigenvalue weighted by Gasteiger charge is -1.98. The van der Waals surface area contributed by atoms with Crippen LogP contribution in [0, 0.1) is 11.3 Å². The van der Waals surface area contributed by atoms with Crippen molar-refractivity contribution in [1.29, 1.82) is 5.26 Å². The van der Waals surface area contributed by atoms with Crippen LogP contribution in [-0.2, 0) is 9.53 Å². The normalized spacial score (nSPS) is 10.9. The molecule has 0 aliphatic heterocycles. The van der Waals surface area contributed by atoms with Crippen molar-refractivity contribution in [2.24, 2.45) is 0 Å². The van der Waals surface area contributed by atoms with E-state index < -0.39 is 5.97 Å². The Morgan fingerprint density at radius 2 is 2.20 bits per heavy atom. The Morgan fingerprint density at radius 1 is 1.45 bits per heavy atom. The molecule has 0 amide bonds. The van der Waals surface area contributed by atoms with E-state index in [2.05, 4.69) is 10.2 Å². The van der Waals surface area contributed by atoms with E-state index in [-0.39, 0.29) is 12.2 Å². The van der Waals surface area contributed by atoms with Gasteiger partial charge in [-0.25, -0.2) is 4.79 Å². The van der Waals surface area contributed by atoms with Crippen molar-refractivity contribution >= 4 is 12.0 Å². The largest absolute Gasteiger partial charge is 0.462 e. The molecule has 0 spiro atoms. The Balaban J connectivity index is 2.25. The molecule has 1 aromatic heterocycles. The number of hydrogen-bond acceptors (Lipinski definition) is 5. The van der Waals surface area contributed by atoms with Crippen LogP contribution in [0.15, 0.2) is 42.1 Å². The molecular formula is C14H12N4O2. The summed E-state index contributed by atoms with van der Waals surface area (Å²) in [4.78, 5) is 12.9. The van der Waals surface area contributed by atoms with Crippen molar-refractivity contribution in [2.75, 3.05) is 6.61 Å². The number of carbonyl (C=O) groups is 1. The van der Waals surface area contributed by atoms with Crippen LogP contribution in [0.2, 0.25) is 0 Å². The summed E-state index contributed by atoms with van der Waals surface area (Å²) in [5.74, 6) is -0.663. The van der Waals surface area contributed by atoms with Crippen molar-refractivity contribution in [2.45, 2.75) is 6.92 Å². The fraction of sp³-hybridized carbons (Fsp3) is 0.143. The first-order chi connectivity index (χ1) is 9.74. The summed E-state index contributed by atoms with van der Waals surface area (Å²) in [6.07, 6.45) is 2.83. The number of nitrogens with zero attached hydrogens (tertiary/aromatic N) is 4. The molecule has 0 unspecified atom stereocenters. The van der Waals surface area contributed by atoms with E-state index in [1.807, 2.05) is 30.3 Å². The number of benzene rings is 1. The Kier molecular flexibility index (Phi) is 4.24. The van der Waals surface area contributed by atoms with Crippen LogP contribution in [-0.4, -0.2) is 27.6 Å². The minimum absolute atomic E-state index is 0.105. The number of rotatable bonds is 4. The SMILES string of the molecule is CCOC(=O)/C(C#N)=C\c1cnn(-c2ccccc2)n1. The van der Waals surface area contributed by atoms with E-state index >= 15 is 0 Å². The van der Waals surface area contributed by atoms with Crippen LogP contribution in [0.1, 0.15) is 12.6 Å². The molecule has 0 aliphatic rings. The first-order valence-electron chi connectivity index (χ1n) is 6.01. The Hall–Kier alpha value is -2.94. The van der Waals surface area contributed by atoms with Crippen LogP contribution in [0.3, 0.4) is 0 Å². The summed E-state index contributed by atoms with van der Waals surface area (Å²) in [6, 6.07) is 11.1. The van der Waals surface area contributed by atoms with Crippen molar-refractivity contribution < 1.29 is 9.53 Å². The third kappa shape index (κ3) is 3.09. The van der Waals surface area contributed by atoms with Gasteiger partial charge in [0.15, 0.2) is 0 Å². The number of para-hydroxylation sites is 1. The molecule has 2 rings (SSSR count). The maximum absolute atomic E-state index is 11.5. The van der Waals surface area contributed by atoms with Gasteiger partial charge < -0.3 is 4.74 Å². The molecule has 2 aromatic rings. The fourth-order valence-electron chi connectivity index (χ4n) is 1.52.